The summed E-state index contributed by atoms with van der Waals surface area (Å²) in [4.78, 5) is 21.6. The van der Waals surface area contributed by atoms with Gasteiger partial charge in [0.25, 0.3) is 5.66 Å². The number of thioether (sulfide) groups is 1. The molecule has 0 saturated carbocycles. The number of hydrogen-bond acceptors (Lipinski definition) is 4. The van der Waals surface area contributed by atoms with Crippen LogP contribution in [0.25, 0.3) is 0 Å². The Labute approximate surface area is 221 Å². The fraction of sp³-hybridized carbons (Fsp3) is 0.333. The molecule has 2 aromatic carbocycles. The van der Waals surface area contributed by atoms with Crippen molar-refractivity contribution in [2.24, 2.45) is 0 Å². The van der Waals surface area contributed by atoms with Gasteiger partial charge in [0.1, 0.15) is 0 Å². The Morgan fingerprint density at radius 3 is 2.29 bits per heavy atom. The van der Waals surface area contributed by atoms with E-state index in [0.717, 1.165) is 30.2 Å². The number of benzene rings is 2. The predicted octanol–water partition coefficient (Wildman–Crippen LogP) is -1.15. The molecule has 0 amide bonds. The van der Waals surface area contributed by atoms with Crippen LogP contribution in [0.1, 0.15) is 35.3 Å². The average Bonchev–Trinajstić information content (AvgIpc) is 2.58. The third-order valence-electron chi connectivity index (χ3n) is 3.95. The van der Waals surface area contributed by atoms with Crippen LogP contribution in [0.4, 0.5) is 8.78 Å². The Morgan fingerprint density at radius 2 is 1.75 bits per heavy atom. The van der Waals surface area contributed by atoms with Gasteiger partial charge in [-0.15, -0.1) is 0 Å². The molecule has 0 aliphatic heterocycles. The van der Waals surface area contributed by atoms with Crippen molar-refractivity contribution < 1.29 is 82.2 Å². The Bertz CT molecular complexity index is 794. The molecule has 142 valence electrons. The minimum Gasteiger partial charge on any atom is -0.806 e. The monoisotopic (exact) mass is 508 g/mol. The zero-order valence-electron chi connectivity index (χ0n) is 16.0. The maximum atomic E-state index is 13.7. The molecule has 2 rings (SSSR count). The molecule has 0 saturated heterocycles. The van der Waals surface area contributed by atoms with Crippen molar-refractivity contribution in [3.05, 3.63) is 69.7 Å². The van der Waals surface area contributed by atoms with E-state index in [1.807, 2.05) is 25.1 Å². The largest absolute Gasteiger partial charge is 1.00 e. The molecule has 0 bridgehead atoms. The minimum atomic E-state index is -6.08. The van der Waals surface area contributed by atoms with Gasteiger partial charge in [0.15, 0.2) is 0 Å². The second-order valence-electron chi connectivity index (χ2n) is 5.88. The topological polar surface area (TPSA) is 63.2 Å². The van der Waals surface area contributed by atoms with E-state index < -0.39 is 18.8 Å². The third-order valence-corrected chi connectivity index (χ3v) is 6.83. The van der Waals surface area contributed by atoms with Gasteiger partial charge in [-0.25, -0.2) is 0 Å². The molecule has 0 fully saturated rings. The van der Waals surface area contributed by atoms with Crippen LogP contribution < -0.4 is 68.9 Å². The van der Waals surface area contributed by atoms with Crippen LogP contribution in [0.2, 0.25) is 0 Å². The van der Waals surface area contributed by atoms with E-state index in [1.54, 1.807) is 11.8 Å². The summed E-state index contributed by atoms with van der Waals surface area (Å²) in [5.41, 5.74) is -3.20. The van der Waals surface area contributed by atoms with Crippen molar-refractivity contribution in [1.82, 2.24) is 0 Å². The Balaban J connectivity index is 0.00000364. The Morgan fingerprint density at radius 1 is 1.14 bits per heavy atom. The Hall–Kier alpha value is 1.28. The first-order valence-corrected chi connectivity index (χ1v) is 11.4. The fourth-order valence-electron chi connectivity index (χ4n) is 2.45. The van der Waals surface area contributed by atoms with Crippen LogP contribution in [0, 0.1) is 0 Å². The van der Waals surface area contributed by atoms with Gasteiger partial charge in [-0.3, -0.25) is 0 Å². The summed E-state index contributed by atoms with van der Waals surface area (Å²) in [5, 5.41) is 0.0519. The zero-order chi connectivity index (χ0) is 19.4. The molecule has 1 unspecified atom stereocenters. The van der Waals surface area contributed by atoms with Crippen molar-refractivity contribution in [2.75, 3.05) is 5.75 Å². The van der Waals surface area contributed by atoms with Crippen LogP contribution in [-0.2, 0) is 16.6 Å². The van der Waals surface area contributed by atoms with Crippen molar-refractivity contribution in [3.8, 4) is 0 Å². The van der Waals surface area contributed by atoms with Gasteiger partial charge < -0.3 is 14.4 Å². The molecule has 0 N–H and O–H groups in total. The molecule has 0 spiro atoms. The van der Waals surface area contributed by atoms with E-state index in [4.69, 9.17) is 0 Å². The predicted molar refractivity (Wildman–Crippen MR) is 101 cm³/mol. The second-order valence-corrected chi connectivity index (χ2v) is 9.74. The molecular weight excluding hydrogens is 491 g/mol. The quantitative estimate of drug-likeness (QED) is 0.256. The van der Waals surface area contributed by atoms with Crippen molar-refractivity contribution in [2.45, 2.75) is 30.7 Å². The zero-order valence-corrected chi connectivity index (χ0v) is 23.3. The van der Waals surface area contributed by atoms with E-state index in [2.05, 4.69) is 28.1 Å². The molecule has 28 heavy (non-hydrogen) atoms. The normalized spacial score (nSPS) is 12.6. The average molecular weight is 509 g/mol. The van der Waals surface area contributed by atoms with Crippen molar-refractivity contribution in [1.29, 1.82) is 0 Å². The number of hydrogen-bond donors (Lipinski definition) is 0. The smallest absolute Gasteiger partial charge is 0.806 e. The molecular formula is C18H18BrF2Na2O3PS. The number of halogens is 3. The van der Waals surface area contributed by atoms with Gasteiger partial charge in [0.2, 0.25) is 0 Å². The van der Waals surface area contributed by atoms with Gasteiger partial charge in [0.05, 0.1) is 0 Å². The van der Waals surface area contributed by atoms with Gasteiger partial charge in [0, 0.05) is 22.9 Å². The van der Waals surface area contributed by atoms with Gasteiger partial charge in [-0.1, -0.05) is 58.4 Å². The third kappa shape index (κ3) is 8.08. The van der Waals surface area contributed by atoms with Crippen LogP contribution >= 0.6 is 35.3 Å². The first-order valence-electron chi connectivity index (χ1n) is 7.98. The summed E-state index contributed by atoms with van der Waals surface area (Å²) in [7, 11) is -6.08. The van der Waals surface area contributed by atoms with E-state index in [1.165, 1.54) is 17.7 Å². The fourth-order valence-corrected chi connectivity index (χ4v) is 4.75. The maximum Gasteiger partial charge on any atom is 1.00 e. The first kappa shape index (κ1) is 29.3. The number of rotatable bonds is 8. The first-order chi connectivity index (χ1) is 12.1. The maximum absolute atomic E-state index is 13.7. The van der Waals surface area contributed by atoms with Crippen molar-refractivity contribution >= 4 is 35.3 Å². The summed E-state index contributed by atoms with van der Waals surface area (Å²) in [6, 6.07) is 14.0. The van der Waals surface area contributed by atoms with E-state index in [9.17, 15) is 23.1 Å². The molecule has 0 heterocycles. The van der Waals surface area contributed by atoms with Gasteiger partial charge in [-0.05, 0) is 42.7 Å². The standard InChI is InChI=1S/C18H20BrF2O3PS.2Na/c1-13(26-11-5-8-14-6-3-2-4-7-14)15-9-10-16(17(19)12-15)18(20,21)25(22,23)24;;/h2-4,6-7,9-10,12-13H,5,8,11H2,1H3,(H2,22,23,24);;/q;2*+1/p-2. The van der Waals surface area contributed by atoms with E-state index in [0.29, 0.717) is 0 Å². The molecule has 2 aromatic rings. The molecule has 3 nitrogen and oxygen atoms in total. The van der Waals surface area contributed by atoms with Gasteiger partial charge in [-0.2, -0.15) is 20.5 Å². The summed E-state index contributed by atoms with van der Waals surface area (Å²) in [5.74, 6) is 0.905. The number of aryl methyl sites for hydroxylation is 1. The summed E-state index contributed by atoms with van der Waals surface area (Å²) in [6.45, 7) is 1.96. The molecule has 0 aromatic heterocycles. The second kappa shape index (κ2) is 13.0. The summed E-state index contributed by atoms with van der Waals surface area (Å²) >= 11 is 4.66. The molecule has 0 aliphatic rings. The van der Waals surface area contributed by atoms with E-state index in [-0.39, 0.29) is 68.8 Å². The Kier molecular flexibility index (Phi) is 13.6. The molecule has 0 aliphatic carbocycles. The molecule has 0 radical (unpaired) electrons. The van der Waals surface area contributed by atoms with Gasteiger partial charge >= 0.3 is 59.1 Å². The van der Waals surface area contributed by atoms with Crippen LogP contribution in [0.3, 0.4) is 0 Å². The molecule has 1 atom stereocenters. The van der Waals surface area contributed by atoms with Crippen molar-refractivity contribution in [3.63, 3.8) is 0 Å². The van der Waals surface area contributed by atoms with E-state index >= 15 is 0 Å². The van der Waals surface area contributed by atoms with Crippen LogP contribution in [0.5, 0.6) is 0 Å². The summed E-state index contributed by atoms with van der Waals surface area (Å²) in [6.07, 6.45) is 1.96. The number of alkyl halides is 2. The SMILES string of the molecule is CC(SCCCc1ccccc1)c1ccc(C(F)(F)P(=O)([O-])[O-])c(Br)c1.[Na+].[Na+]. The van der Waals surface area contributed by atoms with Crippen LogP contribution in [0.15, 0.2) is 53.0 Å². The molecule has 10 heteroatoms. The van der Waals surface area contributed by atoms with Crippen LogP contribution in [-0.4, -0.2) is 5.75 Å². The summed E-state index contributed by atoms with van der Waals surface area (Å²) < 4.78 is 38.2. The minimum absolute atomic E-state index is 0.